The molecule has 5 rings (SSSR count). The molecule has 6 nitrogen and oxygen atoms in total. The Balaban J connectivity index is 1.46. The molecule has 34 heavy (non-hydrogen) atoms. The number of nitroso groups, excluding NO2 is 1. The quantitative estimate of drug-likeness (QED) is 0.184. The molecule has 0 saturated heterocycles. The van der Waals surface area contributed by atoms with Crippen LogP contribution < -0.4 is 21.2 Å². The summed E-state index contributed by atoms with van der Waals surface area (Å²) in [6.45, 7) is 0.747. The van der Waals surface area contributed by atoms with Crippen molar-refractivity contribution in [3.63, 3.8) is 0 Å². The third-order valence-corrected chi connectivity index (χ3v) is 11.4. The summed E-state index contributed by atoms with van der Waals surface area (Å²) in [5.74, 6) is 0. The molecule has 7 heteroatoms. The van der Waals surface area contributed by atoms with Crippen LogP contribution in [-0.4, -0.2) is 23.0 Å². The second-order valence-electron chi connectivity index (χ2n) is 8.22. The van der Waals surface area contributed by atoms with Crippen molar-refractivity contribution in [1.29, 1.82) is 0 Å². The fourth-order valence-electron chi connectivity index (χ4n) is 4.75. The number of rotatable bonds is 9. The first kappa shape index (κ1) is 21.9. The molecule has 1 heterocycles. The molecule has 0 atom stereocenters. The van der Waals surface area contributed by atoms with Gasteiger partial charge in [-0.25, -0.2) is 0 Å². The van der Waals surface area contributed by atoms with Crippen LogP contribution in [0.2, 0.25) is 0 Å². The van der Waals surface area contributed by atoms with Crippen molar-refractivity contribution in [2.75, 3.05) is 18.0 Å². The van der Waals surface area contributed by atoms with E-state index in [0.29, 0.717) is 11.0 Å². The standard InChI is InChI=1S/C27H25N4O2P/c32-29-25-18-17-24(26-27(25)31-33-30-26)28-19-10-20-34(21-11-4-1-5-12-21,22-13-6-2-7-14-22)23-15-8-3-9-16-23/h1-9,11-18,28,34H,10,19-20H2. The van der Waals surface area contributed by atoms with E-state index in [2.05, 4.69) is 112 Å². The van der Waals surface area contributed by atoms with Crippen LogP contribution >= 0.6 is 7.26 Å². The molecule has 0 aliphatic carbocycles. The summed E-state index contributed by atoms with van der Waals surface area (Å²) in [4.78, 5) is 11.0. The summed E-state index contributed by atoms with van der Waals surface area (Å²) in [7, 11) is -2.26. The van der Waals surface area contributed by atoms with Crippen molar-refractivity contribution in [2.24, 2.45) is 5.18 Å². The number of hydrogen-bond donors (Lipinski definition) is 1. The monoisotopic (exact) mass is 468 g/mol. The molecule has 4 aromatic carbocycles. The van der Waals surface area contributed by atoms with Gasteiger partial charge in [-0.15, -0.1) is 0 Å². The van der Waals surface area contributed by atoms with Crippen molar-refractivity contribution < 1.29 is 4.63 Å². The fourth-order valence-corrected chi connectivity index (χ4v) is 9.61. The van der Waals surface area contributed by atoms with Gasteiger partial charge in [0.2, 0.25) is 0 Å². The molecule has 0 saturated carbocycles. The van der Waals surface area contributed by atoms with Crippen molar-refractivity contribution in [3.8, 4) is 0 Å². The van der Waals surface area contributed by atoms with Gasteiger partial charge in [-0.1, -0.05) is 0 Å². The van der Waals surface area contributed by atoms with E-state index in [1.54, 1.807) is 12.1 Å². The van der Waals surface area contributed by atoms with Gasteiger partial charge >= 0.3 is 198 Å². The van der Waals surface area contributed by atoms with Crippen LogP contribution in [0.1, 0.15) is 6.42 Å². The van der Waals surface area contributed by atoms with Crippen LogP contribution in [0.3, 0.4) is 0 Å². The third-order valence-electron chi connectivity index (χ3n) is 6.34. The number of nitrogens with one attached hydrogen (secondary N) is 1. The fraction of sp³-hybridized carbons (Fsp3) is 0.111. The molecule has 0 radical (unpaired) electrons. The van der Waals surface area contributed by atoms with Gasteiger partial charge in [-0.2, -0.15) is 0 Å². The second kappa shape index (κ2) is 9.94. The van der Waals surface area contributed by atoms with Crippen LogP contribution in [0.25, 0.3) is 11.0 Å². The van der Waals surface area contributed by atoms with E-state index in [1.807, 2.05) is 0 Å². The molecule has 1 aromatic heterocycles. The maximum atomic E-state index is 11.0. The Hall–Kier alpha value is -3.89. The zero-order valence-corrected chi connectivity index (χ0v) is 19.6. The van der Waals surface area contributed by atoms with Gasteiger partial charge in [0.15, 0.2) is 0 Å². The zero-order valence-electron chi connectivity index (χ0n) is 18.6. The van der Waals surface area contributed by atoms with E-state index in [1.165, 1.54) is 15.9 Å². The number of aromatic nitrogens is 2. The van der Waals surface area contributed by atoms with Gasteiger partial charge in [-0.05, 0) is 0 Å². The Morgan fingerprint density at radius 3 is 1.76 bits per heavy atom. The minimum absolute atomic E-state index is 0.227. The summed E-state index contributed by atoms with van der Waals surface area (Å²) in [5.41, 5.74) is 1.91. The van der Waals surface area contributed by atoms with Crippen LogP contribution in [0, 0.1) is 4.91 Å². The average Bonchev–Trinajstić information content (AvgIpc) is 3.41. The molecular weight excluding hydrogens is 443 g/mol. The molecule has 1 N–H and O–H groups in total. The Morgan fingerprint density at radius 1 is 0.706 bits per heavy atom. The minimum atomic E-state index is -2.26. The third kappa shape index (κ3) is 4.09. The molecule has 0 fully saturated rings. The van der Waals surface area contributed by atoms with E-state index in [0.717, 1.165) is 24.8 Å². The Kier molecular flexibility index (Phi) is 6.41. The van der Waals surface area contributed by atoms with E-state index in [-0.39, 0.29) is 5.69 Å². The maximum absolute atomic E-state index is 11.0. The predicted molar refractivity (Wildman–Crippen MR) is 142 cm³/mol. The molecule has 5 aromatic rings. The topological polar surface area (TPSA) is 80.4 Å². The molecule has 170 valence electrons. The van der Waals surface area contributed by atoms with E-state index in [4.69, 9.17) is 4.63 Å². The average molecular weight is 468 g/mol. The number of anilines is 1. The first-order valence-electron chi connectivity index (χ1n) is 11.3. The summed E-state index contributed by atoms with van der Waals surface area (Å²) in [6.07, 6.45) is 1.98. The molecule has 0 unspecified atom stereocenters. The van der Waals surface area contributed by atoms with E-state index < -0.39 is 7.26 Å². The summed E-state index contributed by atoms with van der Waals surface area (Å²) in [5, 5.41) is 18.5. The summed E-state index contributed by atoms with van der Waals surface area (Å²) in [6, 6.07) is 36.1. The van der Waals surface area contributed by atoms with Gasteiger partial charge in [-0.3, -0.25) is 0 Å². The van der Waals surface area contributed by atoms with Crippen LogP contribution in [0.5, 0.6) is 0 Å². The number of benzene rings is 4. The van der Waals surface area contributed by atoms with Gasteiger partial charge in [0.1, 0.15) is 0 Å². The normalized spacial score (nSPS) is 11.9. The van der Waals surface area contributed by atoms with Crippen molar-refractivity contribution in [3.05, 3.63) is 108 Å². The number of fused-ring (bicyclic) bond motifs is 1. The van der Waals surface area contributed by atoms with Crippen molar-refractivity contribution in [1.82, 2.24) is 10.3 Å². The molecule has 0 spiro atoms. The van der Waals surface area contributed by atoms with Crippen LogP contribution in [0.15, 0.2) is 113 Å². The Bertz CT molecular complexity index is 1280. The first-order chi connectivity index (χ1) is 16.8. The van der Waals surface area contributed by atoms with Crippen LogP contribution in [0.4, 0.5) is 11.4 Å². The van der Waals surface area contributed by atoms with Gasteiger partial charge in [0, 0.05) is 0 Å². The van der Waals surface area contributed by atoms with Gasteiger partial charge in [0.05, 0.1) is 0 Å². The molecule has 0 bridgehead atoms. The van der Waals surface area contributed by atoms with Crippen LogP contribution in [-0.2, 0) is 0 Å². The predicted octanol–water partition coefficient (Wildman–Crippen LogP) is 5.15. The molecule has 0 aliphatic rings. The molecular formula is C27H25N4O2P. The SMILES string of the molecule is O=Nc1ccc(NCCC[PH](c2ccccc2)(c2ccccc2)c2ccccc2)c2nonc12. The molecule has 0 aliphatic heterocycles. The second-order valence-corrected chi connectivity index (χ2v) is 12.3. The van der Waals surface area contributed by atoms with E-state index >= 15 is 0 Å². The van der Waals surface area contributed by atoms with Gasteiger partial charge in [0.25, 0.3) is 0 Å². The summed E-state index contributed by atoms with van der Waals surface area (Å²) >= 11 is 0. The van der Waals surface area contributed by atoms with Gasteiger partial charge < -0.3 is 0 Å². The van der Waals surface area contributed by atoms with Crippen molar-refractivity contribution >= 4 is 45.6 Å². The molecule has 0 amide bonds. The number of nitrogens with zero attached hydrogens (tertiary/aromatic N) is 3. The van der Waals surface area contributed by atoms with E-state index in [9.17, 15) is 4.91 Å². The Morgan fingerprint density at radius 2 is 1.24 bits per heavy atom. The zero-order chi connectivity index (χ0) is 23.2. The first-order valence-corrected chi connectivity index (χ1v) is 13.5. The summed E-state index contributed by atoms with van der Waals surface area (Å²) < 4.78 is 4.85. The number of hydrogen-bond acceptors (Lipinski definition) is 6. The Labute approximate surface area is 198 Å². The van der Waals surface area contributed by atoms with Crippen molar-refractivity contribution in [2.45, 2.75) is 6.42 Å².